The Labute approximate surface area is 124 Å². The van der Waals surface area contributed by atoms with Gasteiger partial charge in [-0.05, 0) is 74.5 Å². The molecule has 0 aliphatic rings. The highest BCUT2D eigenvalue weighted by atomic mass is 79.9. The van der Waals surface area contributed by atoms with Crippen molar-refractivity contribution in [3.63, 3.8) is 0 Å². The molecule has 1 aromatic carbocycles. The van der Waals surface area contributed by atoms with Crippen molar-refractivity contribution in [1.29, 1.82) is 0 Å². The molecule has 2 rings (SSSR count). The molecular weight excluding hydrogens is 358 g/mol. The Kier molecular flexibility index (Phi) is 4.51. The molecule has 0 bridgehead atoms. The maximum Gasteiger partial charge on any atom is 0.183 e. The minimum absolute atomic E-state index is 0.676. The van der Waals surface area contributed by atoms with Crippen molar-refractivity contribution < 1.29 is 4.42 Å². The summed E-state index contributed by atoms with van der Waals surface area (Å²) in [6.07, 6.45) is 1.07. The zero-order valence-electron chi connectivity index (χ0n) is 10.4. The van der Waals surface area contributed by atoms with Gasteiger partial charge in [0.05, 0.1) is 11.0 Å². The standard InChI is InChI=1S/C14H15Br2NO/c1-3-10-4-5-11(6-9(10)2)17-8-12-7-13(15)14(16)18-12/h4-7,17H,3,8H2,1-2H3. The number of halogens is 2. The largest absolute Gasteiger partial charge is 0.451 e. The second kappa shape index (κ2) is 5.93. The van der Waals surface area contributed by atoms with Crippen LogP contribution in [-0.4, -0.2) is 0 Å². The van der Waals surface area contributed by atoms with Gasteiger partial charge in [-0.15, -0.1) is 0 Å². The van der Waals surface area contributed by atoms with E-state index in [0.29, 0.717) is 6.54 Å². The Morgan fingerprint density at radius 1 is 1.22 bits per heavy atom. The molecule has 0 radical (unpaired) electrons. The van der Waals surface area contributed by atoms with E-state index in [1.807, 2.05) is 6.07 Å². The summed E-state index contributed by atoms with van der Waals surface area (Å²) >= 11 is 6.74. The normalized spacial score (nSPS) is 10.7. The van der Waals surface area contributed by atoms with Crippen LogP contribution in [0.15, 0.2) is 37.8 Å². The highest BCUT2D eigenvalue weighted by Gasteiger charge is 2.06. The highest BCUT2D eigenvalue weighted by Crippen LogP contribution is 2.27. The van der Waals surface area contributed by atoms with E-state index in [4.69, 9.17) is 4.42 Å². The van der Waals surface area contributed by atoms with Gasteiger partial charge in [0, 0.05) is 5.69 Å². The lowest BCUT2D eigenvalue weighted by Gasteiger charge is -2.08. The first-order valence-corrected chi connectivity index (χ1v) is 7.46. The van der Waals surface area contributed by atoms with E-state index in [0.717, 1.165) is 27.0 Å². The third-order valence-electron chi connectivity index (χ3n) is 2.89. The molecule has 0 aliphatic heterocycles. The van der Waals surface area contributed by atoms with Crippen LogP contribution in [0.2, 0.25) is 0 Å². The van der Waals surface area contributed by atoms with Crippen molar-refractivity contribution >= 4 is 37.5 Å². The SMILES string of the molecule is CCc1ccc(NCc2cc(Br)c(Br)o2)cc1C. The number of hydrogen-bond acceptors (Lipinski definition) is 2. The average molecular weight is 373 g/mol. The maximum atomic E-state index is 5.52. The second-order valence-corrected chi connectivity index (χ2v) is 5.76. The average Bonchev–Trinajstić information content (AvgIpc) is 2.66. The predicted octanol–water partition coefficient (Wildman–Crippen LogP) is 5.29. The van der Waals surface area contributed by atoms with Gasteiger partial charge in [-0.1, -0.05) is 13.0 Å². The summed E-state index contributed by atoms with van der Waals surface area (Å²) in [6.45, 7) is 4.99. The van der Waals surface area contributed by atoms with Gasteiger partial charge in [0.1, 0.15) is 5.76 Å². The van der Waals surface area contributed by atoms with E-state index in [1.165, 1.54) is 11.1 Å². The maximum absolute atomic E-state index is 5.52. The molecule has 0 fully saturated rings. The minimum Gasteiger partial charge on any atom is -0.451 e. The van der Waals surface area contributed by atoms with Crippen molar-refractivity contribution in [2.24, 2.45) is 0 Å². The molecule has 0 aliphatic carbocycles. The molecule has 0 atom stereocenters. The zero-order valence-corrected chi connectivity index (χ0v) is 13.6. The van der Waals surface area contributed by atoms with Crippen molar-refractivity contribution in [2.75, 3.05) is 5.32 Å². The number of benzene rings is 1. The summed E-state index contributed by atoms with van der Waals surface area (Å²) < 4.78 is 7.19. The summed E-state index contributed by atoms with van der Waals surface area (Å²) in [5, 5.41) is 3.36. The summed E-state index contributed by atoms with van der Waals surface area (Å²) in [5.74, 6) is 0.894. The first kappa shape index (κ1) is 13.7. The van der Waals surface area contributed by atoms with E-state index in [9.17, 15) is 0 Å². The summed E-state index contributed by atoms with van der Waals surface area (Å²) in [4.78, 5) is 0. The van der Waals surface area contributed by atoms with Gasteiger partial charge in [0.15, 0.2) is 4.67 Å². The molecule has 1 aromatic heterocycles. The quantitative estimate of drug-likeness (QED) is 0.788. The molecule has 0 spiro atoms. The van der Waals surface area contributed by atoms with Gasteiger partial charge < -0.3 is 9.73 Å². The third kappa shape index (κ3) is 3.18. The molecule has 18 heavy (non-hydrogen) atoms. The van der Waals surface area contributed by atoms with Crippen molar-refractivity contribution in [3.05, 3.63) is 50.3 Å². The Hall–Kier alpha value is -0.740. The monoisotopic (exact) mass is 371 g/mol. The smallest absolute Gasteiger partial charge is 0.183 e. The van der Waals surface area contributed by atoms with E-state index in [1.54, 1.807) is 0 Å². The van der Waals surface area contributed by atoms with Crippen LogP contribution in [0.25, 0.3) is 0 Å². The lowest BCUT2D eigenvalue weighted by Crippen LogP contribution is -1.99. The molecule has 1 heterocycles. The van der Waals surface area contributed by atoms with E-state index in [2.05, 4.69) is 69.2 Å². The van der Waals surface area contributed by atoms with Crippen LogP contribution in [0.5, 0.6) is 0 Å². The van der Waals surface area contributed by atoms with Gasteiger partial charge in [-0.3, -0.25) is 0 Å². The van der Waals surface area contributed by atoms with Crippen LogP contribution in [0.4, 0.5) is 5.69 Å². The van der Waals surface area contributed by atoms with Crippen LogP contribution in [-0.2, 0) is 13.0 Å². The van der Waals surface area contributed by atoms with Gasteiger partial charge in [0.2, 0.25) is 0 Å². The molecule has 0 unspecified atom stereocenters. The van der Waals surface area contributed by atoms with Crippen LogP contribution < -0.4 is 5.32 Å². The summed E-state index contributed by atoms with van der Waals surface area (Å²) in [5.41, 5.74) is 3.83. The lowest BCUT2D eigenvalue weighted by atomic mass is 10.1. The molecular formula is C14H15Br2NO. The Morgan fingerprint density at radius 3 is 2.56 bits per heavy atom. The fourth-order valence-corrected chi connectivity index (χ4v) is 2.53. The van der Waals surface area contributed by atoms with Gasteiger partial charge in [-0.25, -0.2) is 0 Å². The van der Waals surface area contributed by atoms with Crippen molar-refractivity contribution in [3.8, 4) is 0 Å². The van der Waals surface area contributed by atoms with Crippen molar-refractivity contribution in [1.82, 2.24) is 0 Å². The number of rotatable bonds is 4. The molecule has 0 amide bonds. The molecule has 96 valence electrons. The lowest BCUT2D eigenvalue weighted by molar-refractivity contribution is 0.494. The van der Waals surface area contributed by atoms with E-state index < -0.39 is 0 Å². The Bertz CT molecular complexity index is 529. The Balaban J connectivity index is 2.04. The first-order valence-electron chi connectivity index (χ1n) is 5.87. The van der Waals surface area contributed by atoms with Crippen LogP contribution in [0.1, 0.15) is 23.8 Å². The number of hydrogen-bond donors (Lipinski definition) is 1. The first-order chi connectivity index (χ1) is 8.60. The van der Waals surface area contributed by atoms with E-state index in [-0.39, 0.29) is 0 Å². The molecule has 4 heteroatoms. The number of aryl methyl sites for hydroxylation is 2. The van der Waals surface area contributed by atoms with Crippen molar-refractivity contribution in [2.45, 2.75) is 26.8 Å². The zero-order chi connectivity index (χ0) is 13.1. The molecule has 0 saturated heterocycles. The Morgan fingerprint density at radius 2 is 2.00 bits per heavy atom. The fraction of sp³-hybridized carbons (Fsp3) is 0.286. The number of anilines is 1. The minimum atomic E-state index is 0.676. The molecule has 2 nitrogen and oxygen atoms in total. The molecule has 1 N–H and O–H groups in total. The fourth-order valence-electron chi connectivity index (χ4n) is 1.87. The molecule has 0 saturated carbocycles. The van der Waals surface area contributed by atoms with Crippen LogP contribution >= 0.6 is 31.9 Å². The second-order valence-electron chi connectivity index (χ2n) is 4.18. The van der Waals surface area contributed by atoms with Gasteiger partial charge in [-0.2, -0.15) is 0 Å². The topological polar surface area (TPSA) is 25.2 Å². The van der Waals surface area contributed by atoms with Gasteiger partial charge in [0.25, 0.3) is 0 Å². The summed E-state index contributed by atoms with van der Waals surface area (Å²) in [6, 6.07) is 8.42. The van der Waals surface area contributed by atoms with Gasteiger partial charge >= 0.3 is 0 Å². The number of furan rings is 1. The van der Waals surface area contributed by atoms with Crippen LogP contribution in [0, 0.1) is 6.92 Å². The summed E-state index contributed by atoms with van der Waals surface area (Å²) in [7, 11) is 0. The highest BCUT2D eigenvalue weighted by molar-refractivity contribution is 9.13. The predicted molar refractivity (Wildman–Crippen MR) is 82.0 cm³/mol. The molecule has 2 aromatic rings. The van der Waals surface area contributed by atoms with E-state index >= 15 is 0 Å². The van der Waals surface area contributed by atoms with Crippen LogP contribution in [0.3, 0.4) is 0 Å². The third-order valence-corrected chi connectivity index (χ3v) is 4.60. The number of nitrogens with one attached hydrogen (secondary N) is 1.